The number of aromatic nitrogens is 3. The third kappa shape index (κ3) is 3.28. The zero-order valence-corrected chi connectivity index (χ0v) is 10.6. The fourth-order valence-electron chi connectivity index (χ4n) is 2.13. The molecule has 0 aromatic carbocycles. The Kier molecular flexibility index (Phi) is 3.79. The SMILES string of the molecule is CN(CC1CC(O)C1)C(=O)c1cn(CC(=O)O)nn1. The molecule has 1 aliphatic rings. The van der Waals surface area contributed by atoms with Gasteiger partial charge in [-0.1, -0.05) is 5.21 Å². The molecular weight excluding hydrogens is 252 g/mol. The van der Waals surface area contributed by atoms with Crippen LogP contribution in [0, 0.1) is 5.92 Å². The van der Waals surface area contributed by atoms with Crippen LogP contribution in [0.3, 0.4) is 0 Å². The summed E-state index contributed by atoms with van der Waals surface area (Å²) in [5, 5.41) is 25.0. The highest BCUT2D eigenvalue weighted by molar-refractivity contribution is 5.91. The topological polar surface area (TPSA) is 109 Å². The molecule has 1 saturated carbocycles. The first-order chi connectivity index (χ1) is 8.95. The number of carboxylic acid groups (broad SMARTS) is 1. The molecule has 1 aromatic heterocycles. The lowest BCUT2D eigenvalue weighted by molar-refractivity contribution is -0.137. The average Bonchev–Trinajstić information content (AvgIpc) is 2.73. The zero-order valence-electron chi connectivity index (χ0n) is 10.6. The van der Waals surface area contributed by atoms with Crippen molar-refractivity contribution >= 4 is 11.9 Å². The van der Waals surface area contributed by atoms with E-state index in [1.54, 1.807) is 7.05 Å². The minimum Gasteiger partial charge on any atom is -0.480 e. The third-order valence-electron chi connectivity index (χ3n) is 3.14. The van der Waals surface area contributed by atoms with Crippen LogP contribution >= 0.6 is 0 Å². The van der Waals surface area contributed by atoms with E-state index in [4.69, 9.17) is 5.11 Å². The monoisotopic (exact) mass is 268 g/mol. The molecule has 1 aromatic rings. The number of aliphatic carboxylic acids is 1. The van der Waals surface area contributed by atoms with Crippen LogP contribution in [0.4, 0.5) is 0 Å². The lowest BCUT2D eigenvalue weighted by atomic mass is 9.82. The van der Waals surface area contributed by atoms with Gasteiger partial charge >= 0.3 is 5.97 Å². The van der Waals surface area contributed by atoms with Crippen molar-refractivity contribution in [2.75, 3.05) is 13.6 Å². The summed E-state index contributed by atoms with van der Waals surface area (Å²) < 4.78 is 1.11. The molecule has 8 nitrogen and oxygen atoms in total. The van der Waals surface area contributed by atoms with Crippen LogP contribution < -0.4 is 0 Å². The number of aliphatic hydroxyl groups is 1. The van der Waals surface area contributed by atoms with Crippen molar-refractivity contribution < 1.29 is 19.8 Å². The summed E-state index contributed by atoms with van der Waals surface area (Å²) in [6.45, 7) is 0.237. The van der Waals surface area contributed by atoms with Gasteiger partial charge in [-0.3, -0.25) is 9.59 Å². The normalized spacial score (nSPS) is 21.8. The second kappa shape index (κ2) is 5.35. The van der Waals surface area contributed by atoms with Gasteiger partial charge in [0.25, 0.3) is 5.91 Å². The lowest BCUT2D eigenvalue weighted by Gasteiger charge is -2.34. The van der Waals surface area contributed by atoms with Gasteiger partial charge in [0.05, 0.1) is 12.3 Å². The molecule has 1 fully saturated rings. The van der Waals surface area contributed by atoms with E-state index in [9.17, 15) is 14.7 Å². The first kappa shape index (κ1) is 13.5. The molecule has 2 rings (SSSR count). The molecule has 0 radical (unpaired) electrons. The van der Waals surface area contributed by atoms with Crippen LogP contribution in [0.25, 0.3) is 0 Å². The molecule has 0 spiro atoms. The van der Waals surface area contributed by atoms with E-state index < -0.39 is 5.97 Å². The maximum absolute atomic E-state index is 12.0. The third-order valence-corrected chi connectivity index (χ3v) is 3.14. The highest BCUT2D eigenvalue weighted by atomic mass is 16.4. The van der Waals surface area contributed by atoms with Gasteiger partial charge in [0.1, 0.15) is 6.54 Å². The van der Waals surface area contributed by atoms with Gasteiger partial charge in [0.15, 0.2) is 5.69 Å². The van der Waals surface area contributed by atoms with Crippen LogP contribution in [-0.2, 0) is 11.3 Å². The highest BCUT2D eigenvalue weighted by Crippen LogP contribution is 2.27. The predicted octanol–water partition coefficient (Wildman–Crippen LogP) is -0.794. The van der Waals surface area contributed by atoms with Gasteiger partial charge in [-0.25, -0.2) is 4.68 Å². The molecule has 2 N–H and O–H groups in total. The number of hydrogen-bond donors (Lipinski definition) is 2. The van der Waals surface area contributed by atoms with Gasteiger partial charge < -0.3 is 15.1 Å². The van der Waals surface area contributed by atoms with E-state index in [1.165, 1.54) is 11.1 Å². The molecule has 1 heterocycles. The van der Waals surface area contributed by atoms with E-state index in [2.05, 4.69) is 10.3 Å². The molecular formula is C11H16N4O4. The Balaban J connectivity index is 1.91. The van der Waals surface area contributed by atoms with Crippen molar-refractivity contribution in [2.45, 2.75) is 25.5 Å². The predicted molar refractivity (Wildman–Crippen MR) is 63.3 cm³/mol. The summed E-state index contributed by atoms with van der Waals surface area (Å²) in [5.74, 6) is -1.02. The molecule has 1 amide bonds. The Labute approximate surface area is 109 Å². The molecule has 1 aliphatic carbocycles. The Bertz CT molecular complexity index is 481. The summed E-state index contributed by atoms with van der Waals surface area (Å²) in [6, 6.07) is 0. The van der Waals surface area contributed by atoms with Gasteiger partial charge in [-0.2, -0.15) is 0 Å². The molecule has 19 heavy (non-hydrogen) atoms. The van der Waals surface area contributed by atoms with Crippen LogP contribution in [0.1, 0.15) is 23.3 Å². The van der Waals surface area contributed by atoms with Gasteiger partial charge in [-0.15, -0.1) is 5.10 Å². The van der Waals surface area contributed by atoms with Crippen LogP contribution in [0.2, 0.25) is 0 Å². The first-order valence-electron chi connectivity index (χ1n) is 6.01. The minimum absolute atomic E-state index is 0.128. The summed E-state index contributed by atoms with van der Waals surface area (Å²) in [6.07, 6.45) is 2.50. The second-order valence-electron chi connectivity index (χ2n) is 4.87. The summed E-state index contributed by atoms with van der Waals surface area (Å²) in [5.41, 5.74) is 0.128. The summed E-state index contributed by atoms with van der Waals surface area (Å²) >= 11 is 0. The largest absolute Gasteiger partial charge is 0.480 e. The summed E-state index contributed by atoms with van der Waals surface area (Å²) in [4.78, 5) is 24.0. The number of carboxylic acids is 1. The zero-order chi connectivity index (χ0) is 14.0. The summed E-state index contributed by atoms with van der Waals surface area (Å²) in [7, 11) is 1.66. The number of carbonyl (C=O) groups excluding carboxylic acids is 1. The van der Waals surface area contributed by atoms with Crippen molar-refractivity contribution in [1.82, 2.24) is 19.9 Å². The van der Waals surface area contributed by atoms with Crippen molar-refractivity contribution in [1.29, 1.82) is 0 Å². The van der Waals surface area contributed by atoms with Gasteiger partial charge in [0.2, 0.25) is 0 Å². The van der Waals surface area contributed by atoms with Crippen LogP contribution in [0.5, 0.6) is 0 Å². The average molecular weight is 268 g/mol. The Morgan fingerprint density at radius 2 is 2.21 bits per heavy atom. The highest BCUT2D eigenvalue weighted by Gasteiger charge is 2.29. The second-order valence-corrected chi connectivity index (χ2v) is 4.87. The van der Waals surface area contributed by atoms with E-state index >= 15 is 0 Å². The van der Waals surface area contributed by atoms with Gasteiger partial charge in [-0.05, 0) is 18.8 Å². The lowest BCUT2D eigenvalue weighted by Crippen LogP contribution is -2.39. The molecule has 0 bridgehead atoms. The molecule has 0 atom stereocenters. The van der Waals surface area contributed by atoms with Crippen LogP contribution in [0.15, 0.2) is 6.20 Å². The maximum atomic E-state index is 12.0. The van der Waals surface area contributed by atoms with E-state index in [0.717, 1.165) is 4.68 Å². The standard InChI is InChI=1S/C11H16N4O4/c1-14(4-7-2-8(16)3-7)11(19)9-5-15(13-12-9)6-10(17)18/h5,7-8,16H,2-4,6H2,1H3,(H,17,18). The van der Waals surface area contributed by atoms with Crippen molar-refractivity contribution in [3.8, 4) is 0 Å². The van der Waals surface area contributed by atoms with Crippen LogP contribution in [-0.4, -0.2) is 61.7 Å². The van der Waals surface area contributed by atoms with Gasteiger partial charge in [0, 0.05) is 13.6 Å². The molecule has 104 valence electrons. The molecule has 8 heteroatoms. The van der Waals surface area contributed by atoms with Crippen molar-refractivity contribution in [2.24, 2.45) is 5.92 Å². The Hall–Kier alpha value is -1.96. The number of hydrogen-bond acceptors (Lipinski definition) is 5. The number of nitrogens with zero attached hydrogens (tertiary/aromatic N) is 4. The number of carbonyl (C=O) groups is 2. The van der Waals surface area contributed by atoms with Crippen molar-refractivity contribution in [3.63, 3.8) is 0 Å². The molecule has 0 aliphatic heterocycles. The Morgan fingerprint density at radius 3 is 2.79 bits per heavy atom. The maximum Gasteiger partial charge on any atom is 0.325 e. The number of amides is 1. The van der Waals surface area contributed by atoms with E-state index in [0.29, 0.717) is 25.3 Å². The number of aliphatic hydroxyl groups excluding tert-OH is 1. The van der Waals surface area contributed by atoms with E-state index in [-0.39, 0.29) is 24.2 Å². The Morgan fingerprint density at radius 1 is 1.53 bits per heavy atom. The first-order valence-corrected chi connectivity index (χ1v) is 6.01. The fraction of sp³-hybridized carbons (Fsp3) is 0.636. The smallest absolute Gasteiger partial charge is 0.325 e. The van der Waals surface area contributed by atoms with E-state index in [1.807, 2.05) is 0 Å². The minimum atomic E-state index is -1.04. The molecule has 0 unspecified atom stereocenters. The molecule has 0 saturated heterocycles. The quantitative estimate of drug-likeness (QED) is 0.724. The van der Waals surface area contributed by atoms with Crippen molar-refractivity contribution in [3.05, 3.63) is 11.9 Å². The number of rotatable bonds is 5. The fourth-order valence-corrected chi connectivity index (χ4v) is 2.13.